The number of methoxy groups -OCH3 is 2. The molecule has 6 nitrogen and oxygen atoms in total. The maximum absolute atomic E-state index is 13.2. The van der Waals surface area contributed by atoms with Crippen molar-refractivity contribution in [3.8, 4) is 11.5 Å². The first kappa shape index (κ1) is 20.0. The van der Waals surface area contributed by atoms with Crippen LogP contribution in [-0.2, 0) is 4.79 Å². The number of halogens is 1. The standard InChI is InChI=1S/C20H20ClN3O3S/c1-11-17(18(24-20(28)22-11)12-4-6-13(21)7-5-12)19(25)23-15-9-8-14(26-2)10-16(15)27-3/h4-10,18H,1-3H3,(H,23,25)(H2,22,24,28)/t18-/m0/s1. The Labute approximate surface area is 173 Å². The molecule has 0 radical (unpaired) electrons. The summed E-state index contributed by atoms with van der Waals surface area (Å²) in [6, 6.07) is 12.1. The number of amides is 1. The van der Waals surface area contributed by atoms with Crippen LogP contribution < -0.4 is 25.4 Å². The maximum Gasteiger partial charge on any atom is 0.255 e. The Balaban J connectivity index is 1.94. The number of benzene rings is 2. The molecule has 0 spiro atoms. The molecule has 3 rings (SSSR count). The normalized spacial score (nSPS) is 16.1. The first-order valence-electron chi connectivity index (χ1n) is 8.50. The first-order valence-corrected chi connectivity index (χ1v) is 9.28. The number of rotatable bonds is 5. The lowest BCUT2D eigenvalue weighted by atomic mass is 9.95. The summed E-state index contributed by atoms with van der Waals surface area (Å²) in [6.07, 6.45) is 0. The number of hydrogen-bond donors (Lipinski definition) is 3. The predicted octanol–water partition coefficient (Wildman–Crippen LogP) is 3.79. The maximum atomic E-state index is 13.2. The number of ether oxygens (including phenoxy) is 2. The highest BCUT2D eigenvalue weighted by Crippen LogP contribution is 2.32. The zero-order chi connectivity index (χ0) is 20.3. The number of hydrogen-bond acceptors (Lipinski definition) is 4. The third kappa shape index (κ3) is 4.21. The van der Waals surface area contributed by atoms with Crippen molar-refractivity contribution in [3.63, 3.8) is 0 Å². The van der Waals surface area contributed by atoms with Crippen LogP contribution in [0.1, 0.15) is 18.5 Å². The van der Waals surface area contributed by atoms with Crippen molar-refractivity contribution in [2.24, 2.45) is 0 Å². The quantitative estimate of drug-likeness (QED) is 0.643. The molecule has 0 aliphatic carbocycles. The monoisotopic (exact) mass is 417 g/mol. The molecule has 2 aromatic rings. The van der Waals surface area contributed by atoms with E-state index in [0.717, 1.165) is 5.56 Å². The van der Waals surface area contributed by atoms with E-state index in [1.54, 1.807) is 37.4 Å². The molecule has 1 heterocycles. The van der Waals surface area contributed by atoms with Gasteiger partial charge in [-0.25, -0.2) is 0 Å². The molecule has 0 fully saturated rings. The molecule has 146 valence electrons. The lowest BCUT2D eigenvalue weighted by molar-refractivity contribution is -0.113. The molecule has 1 aliphatic rings. The van der Waals surface area contributed by atoms with Gasteiger partial charge in [0.05, 0.1) is 31.5 Å². The van der Waals surface area contributed by atoms with Crippen LogP contribution in [0.4, 0.5) is 5.69 Å². The average Bonchev–Trinajstić information content (AvgIpc) is 2.68. The number of anilines is 1. The Morgan fingerprint density at radius 2 is 1.86 bits per heavy atom. The minimum atomic E-state index is -0.407. The Morgan fingerprint density at radius 1 is 1.14 bits per heavy atom. The third-order valence-corrected chi connectivity index (χ3v) is 4.85. The van der Waals surface area contributed by atoms with E-state index in [-0.39, 0.29) is 5.91 Å². The summed E-state index contributed by atoms with van der Waals surface area (Å²) in [7, 11) is 3.10. The van der Waals surface area contributed by atoms with Crippen LogP contribution in [0, 0.1) is 0 Å². The lowest BCUT2D eigenvalue weighted by Gasteiger charge is -2.30. The van der Waals surface area contributed by atoms with E-state index in [1.807, 2.05) is 19.1 Å². The van der Waals surface area contributed by atoms with Crippen LogP contribution in [0.5, 0.6) is 11.5 Å². The summed E-state index contributed by atoms with van der Waals surface area (Å²) in [6.45, 7) is 1.82. The van der Waals surface area contributed by atoms with Crippen LogP contribution >= 0.6 is 23.8 Å². The molecule has 1 atom stereocenters. The molecular formula is C20H20ClN3O3S. The van der Waals surface area contributed by atoms with Gasteiger partial charge in [-0.2, -0.15) is 0 Å². The minimum Gasteiger partial charge on any atom is -0.497 e. The Hall–Kier alpha value is -2.77. The molecule has 0 saturated carbocycles. The van der Waals surface area contributed by atoms with Crippen molar-refractivity contribution in [2.75, 3.05) is 19.5 Å². The second-order valence-corrected chi connectivity index (χ2v) is 6.99. The molecule has 1 aliphatic heterocycles. The van der Waals surface area contributed by atoms with E-state index in [1.165, 1.54) is 7.11 Å². The van der Waals surface area contributed by atoms with Gasteiger partial charge >= 0.3 is 0 Å². The number of carbonyl (C=O) groups excluding carboxylic acids is 1. The lowest BCUT2D eigenvalue weighted by Crippen LogP contribution is -2.45. The van der Waals surface area contributed by atoms with E-state index in [4.69, 9.17) is 33.3 Å². The van der Waals surface area contributed by atoms with E-state index >= 15 is 0 Å². The summed E-state index contributed by atoms with van der Waals surface area (Å²) in [5.74, 6) is 0.861. The third-order valence-electron chi connectivity index (χ3n) is 4.37. The van der Waals surface area contributed by atoms with E-state index in [0.29, 0.717) is 38.6 Å². The number of allylic oxidation sites excluding steroid dienone is 1. The van der Waals surface area contributed by atoms with Crippen molar-refractivity contribution in [3.05, 3.63) is 64.3 Å². The van der Waals surface area contributed by atoms with Gasteiger partial charge in [-0.15, -0.1) is 0 Å². The van der Waals surface area contributed by atoms with Crippen LogP contribution in [0.2, 0.25) is 5.02 Å². The Morgan fingerprint density at radius 3 is 2.50 bits per heavy atom. The average molecular weight is 418 g/mol. The zero-order valence-corrected chi connectivity index (χ0v) is 17.2. The van der Waals surface area contributed by atoms with Gasteiger partial charge in [0, 0.05) is 16.8 Å². The van der Waals surface area contributed by atoms with Crippen LogP contribution in [0.3, 0.4) is 0 Å². The highest BCUT2D eigenvalue weighted by Gasteiger charge is 2.30. The van der Waals surface area contributed by atoms with Crippen molar-refractivity contribution in [1.29, 1.82) is 0 Å². The van der Waals surface area contributed by atoms with Crippen molar-refractivity contribution in [2.45, 2.75) is 13.0 Å². The summed E-state index contributed by atoms with van der Waals surface area (Å²) >= 11 is 11.3. The molecule has 0 aromatic heterocycles. The van der Waals surface area contributed by atoms with E-state index in [9.17, 15) is 4.79 Å². The molecule has 28 heavy (non-hydrogen) atoms. The van der Waals surface area contributed by atoms with E-state index in [2.05, 4.69) is 16.0 Å². The Kier molecular flexibility index (Phi) is 6.06. The molecule has 0 bridgehead atoms. The SMILES string of the molecule is COc1ccc(NC(=O)C2=C(C)NC(=S)N[C@H]2c2ccc(Cl)cc2)c(OC)c1. The van der Waals surface area contributed by atoms with Gasteiger partial charge in [0.25, 0.3) is 5.91 Å². The molecule has 2 aromatic carbocycles. The smallest absolute Gasteiger partial charge is 0.255 e. The van der Waals surface area contributed by atoms with Gasteiger partial charge in [-0.1, -0.05) is 23.7 Å². The van der Waals surface area contributed by atoms with Gasteiger partial charge in [0.1, 0.15) is 11.5 Å². The minimum absolute atomic E-state index is 0.275. The summed E-state index contributed by atoms with van der Waals surface area (Å²) in [4.78, 5) is 13.2. The summed E-state index contributed by atoms with van der Waals surface area (Å²) in [5.41, 5.74) is 2.61. The first-order chi connectivity index (χ1) is 13.4. The number of thiocarbonyl (C=S) groups is 1. The second kappa shape index (κ2) is 8.50. The largest absolute Gasteiger partial charge is 0.497 e. The molecule has 1 amide bonds. The van der Waals surface area contributed by atoms with Gasteiger partial charge in [-0.05, 0) is 49.0 Å². The topological polar surface area (TPSA) is 71.6 Å². The van der Waals surface area contributed by atoms with Crippen LogP contribution in [0.25, 0.3) is 0 Å². The van der Waals surface area contributed by atoms with Crippen molar-refractivity contribution < 1.29 is 14.3 Å². The fourth-order valence-electron chi connectivity index (χ4n) is 2.99. The predicted molar refractivity (Wildman–Crippen MR) is 114 cm³/mol. The number of nitrogens with one attached hydrogen (secondary N) is 3. The molecular weight excluding hydrogens is 398 g/mol. The molecule has 0 saturated heterocycles. The van der Waals surface area contributed by atoms with Crippen LogP contribution in [-0.4, -0.2) is 25.2 Å². The highest BCUT2D eigenvalue weighted by molar-refractivity contribution is 7.80. The van der Waals surface area contributed by atoms with Gasteiger partial charge in [-0.3, -0.25) is 4.79 Å². The summed E-state index contributed by atoms with van der Waals surface area (Å²) in [5, 5.41) is 10.2. The van der Waals surface area contributed by atoms with Crippen molar-refractivity contribution in [1.82, 2.24) is 10.6 Å². The molecule has 8 heteroatoms. The Bertz CT molecular complexity index is 944. The highest BCUT2D eigenvalue weighted by atomic mass is 35.5. The van der Waals surface area contributed by atoms with Gasteiger partial charge < -0.3 is 25.4 Å². The zero-order valence-electron chi connectivity index (χ0n) is 15.6. The van der Waals surface area contributed by atoms with E-state index < -0.39 is 6.04 Å². The fourth-order valence-corrected chi connectivity index (χ4v) is 3.39. The van der Waals surface area contributed by atoms with Gasteiger partial charge in [0.2, 0.25) is 0 Å². The second-order valence-electron chi connectivity index (χ2n) is 6.14. The van der Waals surface area contributed by atoms with Crippen LogP contribution in [0.15, 0.2) is 53.7 Å². The molecule has 3 N–H and O–H groups in total. The van der Waals surface area contributed by atoms with Crippen molar-refractivity contribution >= 4 is 40.5 Å². The van der Waals surface area contributed by atoms with Gasteiger partial charge in [0.15, 0.2) is 5.11 Å². The summed E-state index contributed by atoms with van der Waals surface area (Å²) < 4.78 is 10.6. The fraction of sp³-hybridized carbons (Fsp3) is 0.200. The molecule has 0 unspecified atom stereocenters. The number of carbonyl (C=O) groups is 1.